The number of hydrogen-bond acceptors (Lipinski definition) is 2. The van der Waals surface area contributed by atoms with Gasteiger partial charge >= 0.3 is 0 Å². The number of carbonyl (C=O) groups is 1. The molecule has 0 unspecified atom stereocenters. The van der Waals surface area contributed by atoms with Gasteiger partial charge in [-0.15, -0.1) is 0 Å². The summed E-state index contributed by atoms with van der Waals surface area (Å²) in [5.74, 6) is 0.548. The van der Waals surface area contributed by atoms with Crippen LogP contribution in [0.3, 0.4) is 0 Å². The number of aliphatic hydroxyl groups excluding tert-OH is 1. The molecular formula is C11H21NO2. The number of hydrogen-bond donors (Lipinski definition) is 2. The zero-order valence-electron chi connectivity index (χ0n) is 9.34. The highest BCUT2D eigenvalue weighted by molar-refractivity contribution is 5.82. The van der Waals surface area contributed by atoms with Gasteiger partial charge in [0.25, 0.3) is 0 Å². The van der Waals surface area contributed by atoms with Gasteiger partial charge in [0.1, 0.15) is 0 Å². The molecule has 2 N–H and O–H groups in total. The average molecular weight is 199 g/mol. The molecule has 0 aromatic carbocycles. The lowest BCUT2D eigenvalue weighted by molar-refractivity contribution is -0.132. The van der Waals surface area contributed by atoms with Crippen molar-refractivity contribution in [3.63, 3.8) is 0 Å². The summed E-state index contributed by atoms with van der Waals surface area (Å²) in [6, 6.07) is 0.313. The number of aliphatic hydroxyl groups is 1. The van der Waals surface area contributed by atoms with Gasteiger partial charge in [-0.3, -0.25) is 4.79 Å². The van der Waals surface area contributed by atoms with Crippen molar-refractivity contribution in [2.75, 3.05) is 6.61 Å². The van der Waals surface area contributed by atoms with E-state index in [2.05, 4.69) is 12.2 Å². The first kappa shape index (κ1) is 11.5. The van der Waals surface area contributed by atoms with Crippen LogP contribution < -0.4 is 5.32 Å². The highest BCUT2D eigenvalue weighted by atomic mass is 16.3. The maximum absolute atomic E-state index is 11.7. The molecule has 0 bridgehead atoms. The topological polar surface area (TPSA) is 49.3 Å². The Morgan fingerprint density at radius 1 is 1.50 bits per heavy atom. The molecule has 14 heavy (non-hydrogen) atoms. The lowest BCUT2D eigenvalue weighted by Crippen LogP contribution is -2.45. The number of rotatable bonds is 3. The van der Waals surface area contributed by atoms with Crippen LogP contribution in [0.15, 0.2) is 0 Å². The summed E-state index contributed by atoms with van der Waals surface area (Å²) in [4.78, 5) is 11.7. The molecule has 0 spiro atoms. The zero-order valence-corrected chi connectivity index (χ0v) is 9.34. The van der Waals surface area contributed by atoms with Gasteiger partial charge in [0, 0.05) is 6.04 Å². The Bertz CT molecular complexity index is 213. The Hall–Kier alpha value is -0.570. The fourth-order valence-corrected chi connectivity index (χ4v) is 1.80. The number of nitrogens with one attached hydrogen (secondary N) is 1. The van der Waals surface area contributed by atoms with Crippen molar-refractivity contribution < 1.29 is 9.90 Å². The lowest BCUT2D eigenvalue weighted by Gasteiger charge is -2.25. The van der Waals surface area contributed by atoms with E-state index in [0.29, 0.717) is 12.0 Å². The molecule has 3 heteroatoms. The molecule has 0 aromatic rings. The molecule has 0 aromatic heterocycles. The van der Waals surface area contributed by atoms with Gasteiger partial charge in [0.2, 0.25) is 5.91 Å². The van der Waals surface area contributed by atoms with E-state index in [9.17, 15) is 4.79 Å². The normalized spacial score (nSPS) is 27.7. The third-order valence-corrected chi connectivity index (χ3v) is 3.19. The third kappa shape index (κ3) is 2.47. The molecule has 1 rings (SSSR count). The van der Waals surface area contributed by atoms with E-state index in [0.717, 1.165) is 6.42 Å². The van der Waals surface area contributed by atoms with E-state index in [1.807, 2.05) is 0 Å². The van der Waals surface area contributed by atoms with E-state index >= 15 is 0 Å². The van der Waals surface area contributed by atoms with Crippen LogP contribution >= 0.6 is 0 Å². The van der Waals surface area contributed by atoms with Crippen molar-refractivity contribution in [1.29, 1.82) is 0 Å². The zero-order chi connectivity index (χ0) is 10.8. The smallest absolute Gasteiger partial charge is 0.228 e. The largest absolute Gasteiger partial charge is 0.395 e. The molecular weight excluding hydrogens is 178 g/mol. The van der Waals surface area contributed by atoms with Gasteiger partial charge in [-0.25, -0.2) is 0 Å². The van der Waals surface area contributed by atoms with E-state index in [1.54, 1.807) is 13.8 Å². The quantitative estimate of drug-likeness (QED) is 0.720. The Balaban J connectivity index is 2.48. The van der Waals surface area contributed by atoms with Crippen LogP contribution in [-0.2, 0) is 4.79 Å². The maximum Gasteiger partial charge on any atom is 0.228 e. The molecule has 82 valence electrons. The van der Waals surface area contributed by atoms with E-state index in [1.165, 1.54) is 12.8 Å². The highest BCUT2D eigenvalue weighted by Gasteiger charge is 2.31. The second-order valence-corrected chi connectivity index (χ2v) is 5.03. The van der Waals surface area contributed by atoms with Crippen molar-refractivity contribution in [3.8, 4) is 0 Å². The summed E-state index contributed by atoms with van der Waals surface area (Å²) in [5, 5.41) is 12.1. The summed E-state index contributed by atoms with van der Waals surface area (Å²) in [7, 11) is 0. The molecule has 1 aliphatic carbocycles. The van der Waals surface area contributed by atoms with Gasteiger partial charge in [0.05, 0.1) is 12.0 Å². The minimum absolute atomic E-state index is 0.0289. The van der Waals surface area contributed by atoms with E-state index < -0.39 is 5.41 Å². The first-order valence-corrected chi connectivity index (χ1v) is 5.39. The van der Waals surface area contributed by atoms with Gasteiger partial charge < -0.3 is 10.4 Å². The molecule has 2 atom stereocenters. The number of carbonyl (C=O) groups excluding carboxylic acids is 1. The van der Waals surface area contributed by atoms with Crippen LogP contribution in [0, 0.1) is 11.3 Å². The minimum Gasteiger partial charge on any atom is -0.395 e. The SMILES string of the molecule is C[C@H]1CCC[C@@H]1NC(=O)C(C)(C)CO. The maximum atomic E-state index is 11.7. The second kappa shape index (κ2) is 4.30. The van der Waals surface area contributed by atoms with Crippen LogP contribution in [0.2, 0.25) is 0 Å². The van der Waals surface area contributed by atoms with Crippen LogP contribution in [-0.4, -0.2) is 23.7 Å². The van der Waals surface area contributed by atoms with Gasteiger partial charge in [-0.05, 0) is 32.6 Å². The summed E-state index contributed by atoms with van der Waals surface area (Å²) in [5.41, 5.74) is -0.650. The third-order valence-electron chi connectivity index (χ3n) is 3.19. The molecule has 0 heterocycles. The lowest BCUT2D eigenvalue weighted by atomic mass is 9.92. The fourth-order valence-electron chi connectivity index (χ4n) is 1.80. The van der Waals surface area contributed by atoms with Crippen LogP contribution in [0.5, 0.6) is 0 Å². The van der Waals surface area contributed by atoms with Crippen molar-refractivity contribution in [3.05, 3.63) is 0 Å². The Morgan fingerprint density at radius 2 is 2.14 bits per heavy atom. The predicted octanol–water partition coefficient (Wildman–Crippen LogP) is 1.31. The van der Waals surface area contributed by atoms with Crippen molar-refractivity contribution in [1.82, 2.24) is 5.32 Å². The second-order valence-electron chi connectivity index (χ2n) is 5.03. The first-order valence-electron chi connectivity index (χ1n) is 5.39. The average Bonchev–Trinajstić information content (AvgIpc) is 2.52. The molecule has 1 aliphatic rings. The highest BCUT2D eigenvalue weighted by Crippen LogP contribution is 2.26. The molecule has 0 aliphatic heterocycles. The Labute approximate surface area is 85.9 Å². The van der Waals surface area contributed by atoms with Crippen LogP contribution in [0.1, 0.15) is 40.0 Å². The Kier molecular flexibility index (Phi) is 3.53. The van der Waals surface area contributed by atoms with Crippen LogP contribution in [0.4, 0.5) is 0 Å². The van der Waals surface area contributed by atoms with Crippen molar-refractivity contribution >= 4 is 5.91 Å². The predicted molar refractivity (Wildman–Crippen MR) is 55.8 cm³/mol. The van der Waals surface area contributed by atoms with Gasteiger partial charge in [0.15, 0.2) is 0 Å². The number of amides is 1. The fraction of sp³-hybridized carbons (Fsp3) is 0.909. The Morgan fingerprint density at radius 3 is 2.57 bits per heavy atom. The molecule has 0 radical (unpaired) electrons. The molecule has 1 saturated carbocycles. The molecule has 0 saturated heterocycles. The monoisotopic (exact) mass is 199 g/mol. The van der Waals surface area contributed by atoms with Gasteiger partial charge in [-0.2, -0.15) is 0 Å². The first-order chi connectivity index (χ1) is 6.47. The molecule has 1 fully saturated rings. The standard InChI is InChI=1S/C11H21NO2/c1-8-5-4-6-9(8)12-10(14)11(2,3)7-13/h8-9,13H,4-7H2,1-3H3,(H,12,14)/t8-,9-/m0/s1. The summed E-state index contributed by atoms with van der Waals surface area (Å²) >= 11 is 0. The van der Waals surface area contributed by atoms with E-state index in [-0.39, 0.29) is 12.5 Å². The summed E-state index contributed by atoms with van der Waals surface area (Å²) in [6.07, 6.45) is 3.48. The van der Waals surface area contributed by atoms with E-state index in [4.69, 9.17) is 5.11 Å². The molecule has 3 nitrogen and oxygen atoms in total. The minimum atomic E-state index is -0.650. The van der Waals surface area contributed by atoms with Gasteiger partial charge in [-0.1, -0.05) is 13.3 Å². The van der Waals surface area contributed by atoms with Crippen molar-refractivity contribution in [2.45, 2.75) is 46.1 Å². The summed E-state index contributed by atoms with van der Waals surface area (Å²) in [6.45, 7) is 5.60. The molecule has 1 amide bonds. The van der Waals surface area contributed by atoms with Crippen molar-refractivity contribution in [2.24, 2.45) is 11.3 Å². The summed E-state index contributed by atoms with van der Waals surface area (Å²) < 4.78 is 0. The van der Waals surface area contributed by atoms with Crippen LogP contribution in [0.25, 0.3) is 0 Å².